The van der Waals surface area contributed by atoms with E-state index in [1.807, 2.05) is 30.3 Å². The Labute approximate surface area is 159 Å². The molecule has 0 amide bonds. The molecule has 146 valence electrons. The van der Waals surface area contributed by atoms with Gasteiger partial charge in [-0.3, -0.25) is 0 Å². The molecule has 0 spiro atoms. The minimum atomic E-state index is -4.52. The molecular formula is C20H22F3NO2S. The third-order valence-electron chi connectivity index (χ3n) is 3.64. The van der Waals surface area contributed by atoms with Crippen LogP contribution in [0.25, 0.3) is 0 Å². The van der Waals surface area contributed by atoms with Crippen LogP contribution >= 0.6 is 0 Å². The molecule has 0 heterocycles. The van der Waals surface area contributed by atoms with Crippen molar-refractivity contribution in [3.05, 3.63) is 65.2 Å². The van der Waals surface area contributed by atoms with Crippen LogP contribution in [0.4, 0.5) is 13.2 Å². The number of benzene rings is 2. The number of alkyl halides is 3. The van der Waals surface area contributed by atoms with Crippen LogP contribution in [0.1, 0.15) is 44.4 Å². The normalized spacial score (nSPS) is 14.1. The summed E-state index contributed by atoms with van der Waals surface area (Å²) < 4.78 is 61.0. The first-order chi connectivity index (χ1) is 12.5. The highest BCUT2D eigenvalue weighted by atomic mass is 32.2. The number of ether oxygens (including phenoxy) is 1. The molecule has 7 heteroatoms. The molecule has 0 aromatic heterocycles. The van der Waals surface area contributed by atoms with E-state index in [0.717, 1.165) is 17.7 Å². The van der Waals surface area contributed by atoms with Gasteiger partial charge in [0, 0.05) is 5.56 Å². The van der Waals surface area contributed by atoms with Crippen LogP contribution in [0.5, 0.6) is 5.75 Å². The molecule has 2 aromatic carbocycles. The van der Waals surface area contributed by atoms with Gasteiger partial charge in [0.05, 0.1) is 16.0 Å². The van der Waals surface area contributed by atoms with E-state index in [2.05, 4.69) is 4.40 Å². The molecule has 0 aliphatic rings. The van der Waals surface area contributed by atoms with Crippen LogP contribution in [0, 0.1) is 0 Å². The zero-order chi connectivity index (χ0) is 20.2. The predicted molar refractivity (Wildman–Crippen MR) is 102 cm³/mol. The van der Waals surface area contributed by atoms with Gasteiger partial charge < -0.3 is 4.74 Å². The van der Waals surface area contributed by atoms with Crippen molar-refractivity contribution in [3.63, 3.8) is 0 Å². The summed E-state index contributed by atoms with van der Waals surface area (Å²) in [6.45, 7) is 6.94. The standard InChI is InChI=1S/C20H22F3NO2S/c1-14(24-27(25)19(2,3)4)16-10-17(20(21,22)23)12-18(11-16)26-13-15-8-6-5-7-9-15/h5-12H,13H2,1-4H3. The molecular weight excluding hydrogens is 375 g/mol. The Balaban J connectivity index is 2.36. The second-order valence-corrected chi connectivity index (χ2v) is 8.96. The summed E-state index contributed by atoms with van der Waals surface area (Å²) in [6.07, 6.45) is -4.52. The minimum Gasteiger partial charge on any atom is -0.489 e. The Bertz CT molecular complexity index is 841. The number of hydrogen-bond donors (Lipinski definition) is 0. The van der Waals surface area contributed by atoms with Crippen LogP contribution in [0.2, 0.25) is 0 Å². The smallest absolute Gasteiger partial charge is 0.416 e. The third-order valence-corrected chi connectivity index (χ3v) is 5.13. The third kappa shape index (κ3) is 6.20. The van der Waals surface area contributed by atoms with Crippen LogP contribution < -0.4 is 4.74 Å². The molecule has 1 atom stereocenters. The van der Waals surface area contributed by atoms with Crippen LogP contribution in [0.3, 0.4) is 0 Å². The quantitative estimate of drug-likeness (QED) is 0.620. The summed E-state index contributed by atoms with van der Waals surface area (Å²) in [5.41, 5.74) is 0.499. The van der Waals surface area contributed by atoms with E-state index in [1.165, 1.54) is 6.07 Å². The number of halogens is 3. The largest absolute Gasteiger partial charge is 0.489 e. The first-order valence-electron chi connectivity index (χ1n) is 8.33. The van der Waals surface area contributed by atoms with Gasteiger partial charge in [0.2, 0.25) is 0 Å². The molecule has 2 aromatic rings. The summed E-state index contributed by atoms with van der Waals surface area (Å²) in [5.74, 6) is 0.0831. The van der Waals surface area contributed by atoms with Crippen molar-refractivity contribution >= 4 is 16.7 Å². The van der Waals surface area contributed by atoms with Gasteiger partial charge in [0.1, 0.15) is 23.3 Å². The maximum atomic E-state index is 13.3. The summed E-state index contributed by atoms with van der Waals surface area (Å²) in [7, 11) is -1.57. The van der Waals surface area contributed by atoms with Crippen molar-refractivity contribution in [1.29, 1.82) is 0 Å². The fraction of sp³-hybridized carbons (Fsp3) is 0.350. The molecule has 0 aliphatic carbocycles. The molecule has 0 bridgehead atoms. The van der Waals surface area contributed by atoms with Crippen LogP contribution in [-0.2, 0) is 23.8 Å². The summed E-state index contributed by atoms with van der Waals surface area (Å²) in [4.78, 5) is 0. The molecule has 0 saturated carbocycles. The van der Waals surface area contributed by atoms with E-state index in [0.29, 0.717) is 0 Å². The number of hydrogen-bond acceptors (Lipinski definition) is 2. The van der Waals surface area contributed by atoms with Crippen molar-refractivity contribution in [2.24, 2.45) is 4.40 Å². The molecule has 3 nitrogen and oxygen atoms in total. The summed E-state index contributed by atoms with van der Waals surface area (Å²) in [6, 6.07) is 12.6. The minimum absolute atomic E-state index is 0.0831. The molecule has 0 aliphatic heterocycles. The molecule has 0 saturated heterocycles. The fourth-order valence-electron chi connectivity index (χ4n) is 2.11. The number of nitrogens with zero attached hydrogens (tertiary/aromatic N) is 1. The highest BCUT2D eigenvalue weighted by Gasteiger charge is 2.32. The van der Waals surface area contributed by atoms with Gasteiger partial charge in [-0.15, -0.1) is 0 Å². The van der Waals surface area contributed by atoms with Crippen molar-refractivity contribution in [3.8, 4) is 5.75 Å². The van der Waals surface area contributed by atoms with Crippen molar-refractivity contribution in [2.45, 2.75) is 45.2 Å². The Morgan fingerprint density at radius 2 is 1.70 bits per heavy atom. The first-order valence-corrected chi connectivity index (χ1v) is 9.44. The van der Waals surface area contributed by atoms with Gasteiger partial charge in [-0.1, -0.05) is 30.3 Å². The zero-order valence-electron chi connectivity index (χ0n) is 15.6. The Kier molecular flexibility index (Phi) is 6.46. The van der Waals surface area contributed by atoms with Crippen molar-refractivity contribution < 1.29 is 22.1 Å². The lowest BCUT2D eigenvalue weighted by atomic mass is 10.1. The van der Waals surface area contributed by atoms with E-state index < -0.39 is 27.5 Å². The first kappa shape index (κ1) is 21.2. The average Bonchev–Trinajstić information content (AvgIpc) is 2.59. The fourth-order valence-corrected chi connectivity index (χ4v) is 2.74. The Morgan fingerprint density at radius 1 is 1.07 bits per heavy atom. The Hall–Kier alpha value is -2.15. The molecule has 1 unspecified atom stereocenters. The van der Waals surface area contributed by atoms with Gasteiger partial charge in [0.15, 0.2) is 0 Å². The summed E-state index contributed by atoms with van der Waals surface area (Å²) >= 11 is 0. The van der Waals surface area contributed by atoms with E-state index in [9.17, 15) is 17.4 Å². The van der Waals surface area contributed by atoms with Crippen LogP contribution in [0.15, 0.2) is 52.9 Å². The van der Waals surface area contributed by atoms with Crippen molar-refractivity contribution in [1.82, 2.24) is 0 Å². The van der Waals surface area contributed by atoms with E-state index >= 15 is 0 Å². The lowest BCUT2D eigenvalue weighted by Crippen LogP contribution is -2.20. The predicted octanol–water partition coefficient (Wildman–Crippen LogP) is 5.56. The van der Waals surface area contributed by atoms with Gasteiger partial charge in [-0.25, -0.2) is 4.21 Å². The van der Waals surface area contributed by atoms with E-state index in [4.69, 9.17) is 4.74 Å². The second kappa shape index (κ2) is 8.25. The zero-order valence-corrected chi connectivity index (χ0v) is 16.4. The molecule has 0 radical (unpaired) electrons. The van der Waals surface area contributed by atoms with Gasteiger partial charge >= 0.3 is 6.18 Å². The topological polar surface area (TPSA) is 38.7 Å². The highest BCUT2D eigenvalue weighted by Crippen LogP contribution is 2.33. The SMILES string of the molecule is CC(=NS(=O)C(C)(C)C)c1cc(OCc2ccccc2)cc(C(F)(F)F)c1. The number of rotatable bonds is 5. The second-order valence-electron chi connectivity index (χ2n) is 7.06. The highest BCUT2D eigenvalue weighted by molar-refractivity contribution is 7.85. The van der Waals surface area contributed by atoms with E-state index in [-0.39, 0.29) is 23.6 Å². The maximum Gasteiger partial charge on any atom is 0.416 e. The molecule has 0 N–H and O–H groups in total. The average molecular weight is 397 g/mol. The molecule has 2 rings (SSSR count). The van der Waals surface area contributed by atoms with Crippen LogP contribution in [-0.4, -0.2) is 14.7 Å². The van der Waals surface area contributed by atoms with Crippen molar-refractivity contribution in [2.75, 3.05) is 0 Å². The maximum absolute atomic E-state index is 13.3. The Morgan fingerprint density at radius 3 is 2.26 bits per heavy atom. The van der Waals surface area contributed by atoms with Gasteiger partial charge in [-0.2, -0.15) is 17.6 Å². The monoisotopic (exact) mass is 397 g/mol. The molecule has 0 fully saturated rings. The lowest BCUT2D eigenvalue weighted by molar-refractivity contribution is -0.137. The lowest BCUT2D eigenvalue weighted by Gasteiger charge is -2.16. The molecule has 27 heavy (non-hydrogen) atoms. The summed E-state index contributed by atoms with van der Waals surface area (Å²) in [5, 5.41) is 0. The van der Waals surface area contributed by atoms with E-state index in [1.54, 1.807) is 27.7 Å². The van der Waals surface area contributed by atoms with Gasteiger partial charge in [0.25, 0.3) is 0 Å². The van der Waals surface area contributed by atoms with Gasteiger partial charge in [-0.05, 0) is 51.5 Å².